The number of ether oxygens (including phenoxy) is 2. The summed E-state index contributed by atoms with van der Waals surface area (Å²) >= 11 is 2.07. The molecule has 0 spiro atoms. The highest BCUT2D eigenvalue weighted by molar-refractivity contribution is 8.15. The lowest BCUT2D eigenvalue weighted by atomic mass is 9.86. The van der Waals surface area contributed by atoms with Crippen LogP contribution < -0.4 is 20.1 Å². The monoisotopic (exact) mass is 542 g/mol. The van der Waals surface area contributed by atoms with Gasteiger partial charge in [-0.2, -0.15) is 0 Å². The van der Waals surface area contributed by atoms with Crippen molar-refractivity contribution in [1.29, 1.82) is 0 Å². The minimum atomic E-state index is -0.369. The highest BCUT2D eigenvalue weighted by atomic mass is 32.2. The Morgan fingerprint density at radius 2 is 1.05 bits per heavy atom. The van der Waals surface area contributed by atoms with Crippen LogP contribution >= 0.6 is 23.5 Å². The molecule has 2 aromatic rings. The van der Waals surface area contributed by atoms with Gasteiger partial charge >= 0.3 is 0 Å². The number of rotatable bonds is 12. The van der Waals surface area contributed by atoms with Crippen molar-refractivity contribution < 1.29 is 28.7 Å². The Hall–Kier alpha value is -2.98. The van der Waals surface area contributed by atoms with E-state index in [1.54, 1.807) is 0 Å². The topological polar surface area (TPSA) is 111 Å². The Morgan fingerprint density at radius 3 is 1.38 bits per heavy atom. The van der Waals surface area contributed by atoms with Gasteiger partial charge in [0.05, 0.1) is 23.7 Å². The van der Waals surface area contributed by atoms with Crippen molar-refractivity contribution in [2.24, 2.45) is 5.41 Å². The second kappa shape index (κ2) is 12.0. The van der Waals surface area contributed by atoms with Gasteiger partial charge in [0.2, 0.25) is 11.8 Å². The van der Waals surface area contributed by atoms with Crippen molar-refractivity contribution >= 4 is 45.8 Å². The molecule has 196 valence electrons. The van der Waals surface area contributed by atoms with Crippen molar-refractivity contribution in [2.45, 2.75) is 50.0 Å². The van der Waals surface area contributed by atoms with Gasteiger partial charge in [-0.25, -0.2) is 0 Å². The fourth-order valence-electron chi connectivity index (χ4n) is 3.94. The second-order valence-electron chi connectivity index (χ2n) is 9.82. The van der Waals surface area contributed by atoms with Gasteiger partial charge in [0, 0.05) is 0 Å². The molecule has 2 heterocycles. The molecular weight excluding hydrogens is 512 g/mol. The van der Waals surface area contributed by atoms with Crippen LogP contribution in [0.1, 0.15) is 37.8 Å². The number of carbonyl (C=O) groups excluding carboxylic acids is 4. The van der Waals surface area contributed by atoms with Crippen molar-refractivity contribution in [3.8, 4) is 11.5 Å². The third-order valence-electron chi connectivity index (χ3n) is 6.32. The van der Waals surface area contributed by atoms with Gasteiger partial charge in [-0.1, -0.05) is 61.6 Å². The first kappa shape index (κ1) is 27.1. The van der Waals surface area contributed by atoms with Gasteiger partial charge in [0.25, 0.3) is 10.5 Å². The summed E-state index contributed by atoms with van der Waals surface area (Å²) in [5.41, 5.74) is 2.00. The molecule has 2 aliphatic heterocycles. The molecule has 2 fully saturated rings. The number of amides is 4. The molecule has 0 bridgehead atoms. The average molecular weight is 543 g/mol. The SMILES string of the molecule is CC(C)(CCOc1ccc(CC2SC(=O)NC2=O)cc1)CCOc1ccc(CC2SC(=O)NC2=O)cc1. The van der Waals surface area contributed by atoms with Gasteiger partial charge in [-0.05, 0) is 66.5 Å². The maximum absolute atomic E-state index is 11.7. The molecule has 0 aliphatic carbocycles. The first-order valence-corrected chi connectivity index (χ1v) is 13.9. The van der Waals surface area contributed by atoms with Crippen molar-refractivity contribution in [2.75, 3.05) is 13.2 Å². The van der Waals surface area contributed by atoms with E-state index in [1.165, 1.54) is 0 Å². The zero-order valence-electron chi connectivity index (χ0n) is 20.8. The van der Waals surface area contributed by atoms with Crippen molar-refractivity contribution in [3.05, 3.63) is 59.7 Å². The van der Waals surface area contributed by atoms with Crippen LogP contribution in [0.25, 0.3) is 0 Å². The van der Waals surface area contributed by atoms with Crippen LogP contribution in [0, 0.1) is 5.41 Å². The molecule has 37 heavy (non-hydrogen) atoms. The van der Waals surface area contributed by atoms with Crippen molar-refractivity contribution in [3.63, 3.8) is 0 Å². The predicted octanol–water partition coefficient (Wildman–Crippen LogP) is 4.74. The molecule has 8 nitrogen and oxygen atoms in total. The summed E-state index contributed by atoms with van der Waals surface area (Å²) in [7, 11) is 0. The van der Waals surface area contributed by atoms with Crippen LogP contribution in [0.15, 0.2) is 48.5 Å². The summed E-state index contributed by atoms with van der Waals surface area (Å²) in [5, 5.41) is 3.31. The van der Waals surface area contributed by atoms with E-state index in [-0.39, 0.29) is 38.2 Å². The largest absolute Gasteiger partial charge is 0.494 e. The molecule has 0 radical (unpaired) electrons. The lowest BCUT2D eigenvalue weighted by Crippen LogP contribution is -2.25. The lowest BCUT2D eigenvalue weighted by molar-refractivity contribution is -0.119. The Balaban J connectivity index is 1.14. The van der Waals surface area contributed by atoms with Gasteiger partial charge < -0.3 is 9.47 Å². The molecule has 2 N–H and O–H groups in total. The summed E-state index contributed by atoms with van der Waals surface area (Å²) in [5.74, 6) is 1.08. The maximum Gasteiger partial charge on any atom is 0.286 e. The molecule has 2 aromatic carbocycles. The molecule has 10 heteroatoms. The molecule has 2 aliphatic rings. The zero-order valence-corrected chi connectivity index (χ0v) is 22.4. The van der Waals surface area contributed by atoms with Gasteiger partial charge in [0.1, 0.15) is 11.5 Å². The van der Waals surface area contributed by atoms with E-state index in [2.05, 4.69) is 24.5 Å². The first-order chi connectivity index (χ1) is 17.7. The molecule has 4 rings (SSSR count). The normalized spacial score (nSPS) is 19.6. The van der Waals surface area contributed by atoms with Crippen LogP contribution in [0.5, 0.6) is 11.5 Å². The molecule has 4 amide bonds. The average Bonchev–Trinajstić information content (AvgIpc) is 3.34. The van der Waals surface area contributed by atoms with Crippen LogP contribution in [-0.4, -0.2) is 46.0 Å². The fraction of sp³-hybridized carbons (Fsp3) is 0.407. The molecule has 2 atom stereocenters. The lowest BCUT2D eigenvalue weighted by Gasteiger charge is -2.24. The minimum Gasteiger partial charge on any atom is -0.494 e. The zero-order chi connectivity index (χ0) is 26.4. The minimum absolute atomic E-state index is 0.0269. The number of thioether (sulfide) groups is 2. The van der Waals surface area contributed by atoms with E-state index >= 15 is 0 Å². The predicted molar refractivity (Wildman–Crippen MR) is 144 cm³/mol. The van der Waals surface area contributed by atoms with Gasteiger partial charge in [-0.3, -0.25) is 29.8 Å². The summed E-state index contributed by atoms with van der Waals surface area (Å²) in [6.45, 7) is 5.52. The van der Waals surface area contributed by atoms with Crippen LogP contribution in [-0.2, 0) is 22.4 Å². The maximum atomic E-state index is 11.7. The highest BCUT2D eigenvalue weighted by Crippen LogP contribution is 2.28. The molecule has 0 saturated carbocycles. The van der Waals surface area contributed by atoms with Crippen LogP contribution in [0.3, 0.4) is 0 Å². The Morgan fingerprint density at radius 1 is 0.676 bits per heavy atom. The second-order valence-corrected chi connectivity index (χ2v) is 12.2. The Kier molecular flexibility index (Phi) is 8.81. The van der Waals surface area contributed by atoms with Crippen LogP contribution in [0.4, 0.5) is 9.59 Å². The smallest absolute Gasteiger partial charge is 0.286 e. The van der Waals surface area contributed by atoms with Crippen LogP contribution in [0.2, 0.25) is 0 Å². The number of imide groups is 2. The first-order valence-electron chi connectivity index (χ1n) is 12.1. The summed E-state index contributed by atoms with van der Waals surface area (Å²) < 4.78 is 11.8. The number of hydrogen-bond donors (Lipinski definition) is 2. The molecular formula is C27H30N2O6S2. The van der Waals surface area contributed by atoms with Crippen molar-refractivity contribution in [1.82, 2.24) is 10.6 Å². The van der Waals surface area contributed by atoms with E-state index in [4.69, 9.17) is 9.47 Å². The highest BCUT2D eigenvalue weighted by Gasteiger charge is 2.32. The van der Waals surface area contributed by atoms with E-state index in [9.17, 15) is 19.2 Å². The number of nitrogens with one attached hydrogen (secondary N) is 2. The van der Waals surface area contributed by atoms with Gasteiger partial charge in [-0.15, -0.1) is 0 Å². The summed E-state index contributed by atoms with van der Waals surface area (Å²) in [6.07, 6.45) is 2.74. The third-order valence-corrected chi connectivity index (χ3v) is 8.28. The van der Waals surface area contributed by atoms with E-state index < -0.39 is 0 Å². The van der Waals surface area contributed by atoms with E-state index in [1.807, 2.05) is 48.5 Å². The molecule has 2 unspecified atom stereocenters. The molecule has 2 saturated heterocycles. The summed E-state index contributed by atoms with van der Waals surface area (Å²) in [6, 6.07) is 15.3. The van der Waals surface area contributed by atoms with Gasteiger partial charge in [0.15, 0.2) is 0 Å². The third kappa shape index (κ3) is 8.00. The number of hydrogen-bond acceptors (Lipinski definition) is 8. The molecule has 0 aromatic heterocycles. The fourth-order valence-corrected chi connectivity index (χ4v) is 5.66. The quantitative estimate of drug-likeness (QED) is 0.396. The van der Waals surface area contributed by atoms with E-state index in [0.717, 1.165) is 59.0 Å². The number of benzene rings is 2. The number of carbonyl (C=O) groups is 4. The standard InChI is InChI=1S/C27H30N2O6S2/c1-27(2,11-13-34-19-7-3-17(4-8-19)15-21-23(30)28-25(32)36-21)12-14-35-20-9-5-18(6-10-20)16-22-24(31)29-26(33)37-22/h3-10,21-22H,11-16H2,1-2H3,(H,28,30,32)(H,29,31,33). The summed E-state index contributed by atoms with van der Waals surface area (Å²) in [4.78, 5) is 46.1. The Bertz CT molecular complexity index is 1060. The Labute approximate surface area is 224 Å². The van der Waals surface area contributed by atoms with E-state index in [0.29, 0.717) is 26.1 Å².